The lowest BCUT2D eigenvalue weighted by Gasteiger charge is -2.36. The van der Waals surface area contributed by atoms with Gasteiger partial charge >= 0.3 is 0 Å². The molecule has 1 aliphatic carbocycles. The number of halogens is 2. The summed E-state index contributed by atoms with van der Waals surface area (Å²) in [5.41, 5.74) is 5.93. The fourth-order valence-corrected chi connectivity index (χ4v) is 3.97. The maximum Gasteiger partial charge on any atom is 0.103 e. The number of quaternary nitrogens is 2. The van der Waals surface area contributed by atoms with Crippen LogP contribution in [0, 0.1) is 0 Å². The van der Waals surface area contributed by atoms with Gasteiger partial charge in [-0.25, -0.2) is 4.59 Å². The highest BCUT2D eigenvalue weighted by molar-refractivity contribution is 4.61. The van der Waals surface area contributed by atoms with Gasteiger partial charge < -0.3 is 24.8 Å². The molecule has 0 aromatic heterocycles. The zero-order valence-corrected chi connectivity index (χ0v) is 20.0. The van der Waals surface area contributed by atoms with E-state index < -0.39 is 0 Å². The molecule has 0 unspecified atom stereocenters. The number of hydrogen-bond donors (Lipinski definition) is 2. The quantitative estimate of drug-likeness (QED) is 0.219. The first kappa shape index (κ1) is 31.1. The molecular formula is C20H48Cl2N4. The van der Waals surface area contributed by atoms with Gasteiger partial charge in [-0.2, -0.15) is 10.4 Å². The minimum absolute atomic E-state index is 0. The number of hydrogen-bond acceptors (Lipinski definition) is 2. The highest BCUT2D eigenvalue weighted by Gasteiger charge is 2.22. The van der Waals surface area contributed by atoms with E-state index in [-0.39, 0.29) is 24.8 Å². The summed E-state index contributed by atoms with van der Waals surface area (Å²) >= 11 is 0. The smallest absolute Gasteiger partial charge is 0.103 e. The average Bonchev–Trinajstić information content (AvgIpc) is 2.61. The van der Waals surface area contributed by atoms with E-state index in [4.69, 9.17) is 0 Å². The Kier molecular flexibility index (Phi) is 24.1. The van der Waals surface area contributed by atoms with Crippen molar-refractivity contribution >= 4 is 0 Å². The first-order valence-electron chi connectivity index (χ1n) is 10.7. The van der Waals surface area contributed by atoms with Crippen LogP contribution in [0.25, 0.3) is 0 Å². The molecule has 0 spiro atoms. The van der Waals surface area contributed by atoms with E-state index in [1.165, 1.54) is 84.1 Å². The minimum atomic E-state index is 0. The van der Waals surface area contributed by atoms with Gasteiger partial charge in [-0.05, 0) is 46.0 Å². The Morgan fingerprint density at radius 1 is 0.808 bits per heavy atom. The largest absolute Gasteiger partial charge is 1.00 e. The third kappa shape index (κ3) is 13.6. The van der Waals surface area contributed by atoms with Gasteiger partial charge in [0, 0.05) is 33.0 Å². The normalized spacial score (nSPS) is 14.9. The molecule has 0 bridgehead atoms. The standard InChI is InChI=1S/C10H22N2.C10H25N2.2ClH/c1-3-12(4-2)11-10-8-6-5-7-9-10;1-5-8-12(11-4,9-6-2)10-7-3;;/h10-11H,3-9H2,1-2H3;11H,5-10H2,1-4H3;2*1H/q;+1;;/p-1. The monoisotopic (exact) mass is 414 g/mol. The van der Waals surface area contributed by atoms with Gasteiger partial charge in [0.05, 0.1) is 19.6 Å². The van der Waals surface area contributed by atoms with E-state index in [9.17, 15) is 0 Å². The van der Waals surface area contributed by atoms with Crippen molar-refractivity contribution in [2.45, 2.75) is 92.0 Å². The van der Waals surface area contributed by atoms with Crippen LogP contribution in [-0.2, 0) is 0 Å². The van der Waals surface area contributed by atoms with E-state index >= 15 is 0 Å². The maximum atomic E-state index is 3.46. The molecule has 1 aliphatic rings. The third-order valence-electron chi connectivity index (χ3n) is 5.31. The Hall–Kier alpha value is 0.420. The van der Waals surface area contributed by atoms with Crippen LogP contribution >= 0.6 is 0 Å². The second kappa shape index (κ2) is 20.2. The summed E-state index contributed by atoms with van der Waals surface area (Å²) in [6.07, 6.45) is 11.0. The van der Waals surface area contributed by atoms with E-state index in [1.807, 2.05) is 0 Å². The molecule has 0 aliphatic heterocycles. The zero-order chi connectivity index (χ0) is 18.3. The summed E-state index contributed by atoms with van der Waals surface area (Å²) in [7, 11) is 2.08. The minimum Gasteiger partial charge on any atom is -1.00 e. The van der Waals surface area contributed by atoms with Crippen LogP contribution in [0.2, 0.25) is 0 Å². The Bertz CT molecular complexity index is 254. The molecule has 6 heteroatoms. The lowest BCUT2D eigenvalue weighted by molar-refractivity contribution is -0.967. The summed E-state index contributed by atoms with van der Waals surface area (Å²) in [6, 6.07) is 0.888. The number of nitrogens with two attached hydrogens (primary N) is 1. The van der Waals surface area contributed by atoms with Crippen molar-refractivity contribution in [1.29, 1.82) is 0 Å². The van der Waals surface area contributed by atoms with E-state index in [0.717, 1.165) is 10.6 Å². The Morgan fingerprint density at radius 3 is 1.54 bits per heavy atom. The van der Waals surface area contributed by atoms with Gasteiger partial charge in [0.15, 0.2) is 0 Å². The van der Waals surface area contributed by atoms with Gasteiger partial charge in [-0.3, -0.25) is 5.43 Å². The molecule has 1 saturated carbocycles. The molecule has 0 radical (unpaired) electrons. The summed E-state index contributed by atoms with van der Waals surface area (Å²) in [5, 5.41) is 2.44. The van der Waals surface area contributed by atoms with Crippen LogP contribution in [0.1, 0.15) is 86.0 Å². The van der Waals surface area contributed by atoms with Crippen molar-refractivity contribution in [2.75, 3.05) is 39.8 Å². The van der Waals surface area contributed by atoms with Crippen molar-refractivity contribution in [3.63, 3.8) is 0 Å². The molecule has 0 heterocycles. The Morgan fingerprint density at radius 2 is 1.23 bits per heavy atom. The Labute approximate surface area is 177 Å². The first-order valence-corrected chi connectivity index (χ1v) is 10.7. The van der Waals surface area contributed by atoms with Gasteiger partial charge in [0.2, 0.25) is 0 Å². The van der Waals surface area contributed by atoms with Crippen LogP contribution in [0.15, 0.2) is 0 Å². The molecule has 3 N–H and O–H groups in total. The molecule has 26 heavy (non-hydrogen) atoms. The molecular weight excluding hydrogens is 367 g/mol. The van der Waals surface area contributed by atoms with Crippen LogP contribution in [0.4, 0.5) is 0 Å². The molecule has 4 nitrogen and oxygen atoms in total. The van der Waals surface area contributed by atoms with E-state index in [1.54, 1.807) is 0 Å². The van der Waals surface area contributed by atoms with Crippen molar-refractivity contribution in [2.24, 2.45) is 0 Å². The molecule has 0 aromatic carbocycles. The number of nitrogens with zero attached hydrogens (tertiary/aromatic N) is 2. The van der Waals surface area contributed by atoms with Crippen LogP contribution < -0.4 is 35.7 Å². The molecule has 0 atom stereocenters. The average molecular weight is 416 g/mol. The molecule has 1 fully saturated rings. The summed E-state index contributed by atoms with van der Waals surface area (Å²) in [4.78, 5) is 0. The first-order chi connectivity index (χ1) is 11.6. The summed E-state index contributed by atoms with van der Waals surface area (Å²) in [5.74, 6) is 0. The molecule has 1 rings (SSSR count). The lowest BCUT2D eigenvalue weighted by Crippen LogP contribution is -3.00. The van der Waals surface area contributed by atoms with Crippen molar-refractivity contribution < 1.29 is 34.8 Å². The fraction of sp³-hybridized carbons (Fsp3) is 1.00. The topological polar surface area (TPSA) is 31.9 Å². The lowest BCUT2D eigenvalue weighted by atomic mass is 9.96. The predicted molar refractivity (Wildman–Crippen MR) is 107 cm³/mol. The third-order valence-corrected chi connectivity index (χ3v) is 5.31. The van der Waals surface area contributed by atoms with E-state index in [2.05, 4.69) is 57.5 Å². The van der Waals surface area contributed by atoms with Gasteiger partial charge in [-0.15, -0.1) is 0 Å². The van der Waals surface area contributed by atoms with Gasteiger partial charge in [0.1, 0.15) is 6.04 Å². The zero-order valence-electron chi connectivity index (χ0n) is 18.5. The highest BCUT2D eigenvalue weighted by Crippen LogP contribution is 2.14. The second-order valence-electron chi connectivity index (χ2n) is 7.31. The fourth-order valence-electron chi connectivity index (χ4n) is 3.97. The number of nitrogens with one attached hydrogen (secondary N) is 1. The van der Waals surface area contributed by atoms with Gasteiger partial charge in [-0.1, -0.05) is 27.2 Å². The van der Waals surface area contributed by atoms with Crippen LogP contribution in [-0.4, -0.2) is 55.4 Å². The van der Waals surface area contributed by atoms with Crippen molar-refractivity contribution in [1.82, 2.24) is 10.4 Å². The molecule has 162 valence electrons. The van der Waals surface area contributed by atoms with Crippen LogP contribution in [0.3, 0.4) is 0 Å². The summed E-state index contributed by atoms with van der Waals surface area (Å²) in [6.45, 7) is 17.4. The van der Waals surface area contributed by atoms with E-state index in [0.29, 0.717) is 0 Å². The second-order valence-corrected chi connectivity index (χ2v) is 7.31. The number of rotatable bonds is 11. The highest BCUT2D eigenvalue weighted by atomic mass is 35.5. The van der Waals surface area contributed by atoms with Crippen LogP contribution in [0.5, 0.6) is 0 Å². The molecule has 0 aromatic rings. The molecule has 0 amide bonds. The van der Waals surface area contributed by atoms with Gasteiger partial charge in [0.25, 0.3) is 0 Å². The van der Waals surface area contributed by atoms with Crippen molar-refractivity contribution in [3.8, 4) is 0 Å². The Balaban J connectivity index is -0.000000378. The summed E-state index contributed by atoms with van der Waals surface area (Å²) < 4.78 is 1.10. The maximum absolute atomic E-state index is 3.46. The molecule has 0 saturated heterocycles. The predicted octanol–water partition coefficient (Wildman–Crippen LogP) is -2.69. The SMILES string of the molecule is CCC[N+](CCC)(CCC)NC.CCN(CC)[NH2+]C1CCCCC1.[Cl-].[Cl-]. The van der Waals surface area contributed by atoms with Crippen molar-refractivity contribution in [3.05, 3.63) is 0 Å².